The summed E-state index contributed by atoms with van der Waals surface area (Å²) >= 11 is 1.56. The SMILES string of the molecule is CC1CN(Cc2ccc3nc(N)sc3c2)CCCO1. The third kappa shape index (κ3) is 3.05. The molecule has 5 heteroatoms. The van der Waals surface area contributed by atoms with E-state index in [1.54, 1.807) is 11.3 Å². The highest BCUT2D eigenvalue weighted by Crippen LogP contribution is 2.25. The van der Waals surface area contributed by atoms with Gasteiger partial charge < -0.3 is 10.5 Å². The highest BCUT2D eigenvalue weighted by molar-refractivity contribution is 7.22. The number of aromatic nitrogens is 1. The maximum Gasteiger partial charge on any atom is 0.181 e. The lowest BCUT2D eigenvalue weighted by Gasteiger charge is -2.21. The molecule has 3 rings (SSSR count). The fourth-order valence-electron chi connectivity index (χ4n) is 2.57. The van der Waals surface area contributed by atoms with Crippen LogP contribution in [0.25, 0.3) is 10.2 Å². The van der Waals surface area contributed by atoms with E-state index >= 15 is 0 Å². The van der Waals surface area contributed by atoms with Gasteiger partial charge in [0.25, 0.3) is 0 Å². The van der Waals surface area contributed by atoms with Crippen LogP contribution in [-0.2, 0) is 11.3 Å². The number of nitrogens with two attached hydrogens (primary N) is 1. The minimum atomic E-state index is 0.324. The van der Waals surface area contributed by atoms with Gasteiger partial charge in [-0.15, -0.1) is 0 Å². The van der Waals surface area contributed by atoms with E-state index in [2.05, 4.69) is 35.0 Å². The third-order valence-corrected chi connectivity index (χ3v) is 4.26. The molecule has 0 saturated carbocycles. The van der Waals surface area contributed by atoms with Crippen LogP contribution in [0.1, 0.15) is 18.9 Å². The zero-order chi connectivity index (χ0) is 13.2. The summed E-state index contributed by atoms with van der Waals surface area (Å²) in [5.74, 6) is 0. The Morgan fingerprint density at radius 3 is 3.32 bits per heavy atom. The molecule has 1 fully saturated rings. The molecule has 0 spiro atoms. The molecule has 0 radical (unpaired) electrons. The molecule has 19 heavy (non-hydrogen) atoms. The number of hydrogen-bond acceptors (Lipinski definition) is 5. The van der Waals surface area contributed by atoms with E-state index in [-0.39, 0.29) is 0 Å². The van der Waals surface area contributed by atoms with Gasteiger partial charge >= 0.3 is 0 Å². The lowest BCUT2D eigenvalue weighted by molar-refractivity contribution is 0.0668. The first kappa shape index (κ1) is 12.8. The summed E-state index contributed by atoms with van der Waals surface area (Å²) in [5.41, 5.74) is 8.07. The van der Waals surface area contributed by atoms with Crippen LogP contribution in [0.4, 0.5) is 5.13 Å². The molecule has 2 N–H and O–H groups in total. The molecule has 0 aliphatic carbocycles. The molecule has 0 amide bonds. The minimum absolute atomic E-state index is 0.324. The second kappa shape index (κ2) is 5.45. The fraction of sp³-hybridized carbons (Fsp3) is 0.500. The number of thiazole rings is 1. The van der Waals surface area contributed by atoms with E-state index in [1.165, 1.54) is 10.3 Å². The summed E-state index contributed by atoms with van der Waals surface area (Å²) in [6, 6.07) is 6.42. The largest absolute Gasteiger partial charge is 0.377 e. The van der Waals surface area contributed by atoms with E-state index in [4.69, 9.17) is 10.5 Å². The number of nitrogen functional groups attached to an aromatic ring is 1. The molecule has 1 unspecified atom stereocenters. The van der Waals surface area contributed by atoms with Gasteiger partial charge in [0.1, 0.15) is 0 Å². The van der Waals surface area contributed by atoms with E-state index in [0.29, 0.717) is 11.2 Å². The Morgan fingerprint density at radius 2 is 2.42 bits per heavy atom. The molecule has 1 aliphatic rings. The second-order valence-electron chi connectivity index (χ2n) is 5.12. The molecule has 2 heterocycles. The maximum absolute atomic E-state index is 5.74. The van der Waals surface area contributed by atoms with Gasteiger partial charge in [0.05, 0.1) is 16.3 Å². The molecule has 1 aromatic heterocycles. The van der Waals surface area contributed by atoms with Crippen molar-refractivity contribution < 1.29 is 4.74 Å². The molecule has 102 valence electrons. The summed E-state index contributed by atoms with van der Waals surface area (Å²) in [6.45, 7) is 6.10. The van der Waals surface area contributed by atoms with Gasteiger partial charge in [-0.3, -0.25) is 4.90 Å². The second-order valence-corrected chi connectivity index (χ2v) is 6.19. The van der Waals surface area contributed by atoms with Crippen LogP contribution in [0.5, 0.6) is 0 Å². The van der Waals surface area contributed by atoms with Crippen LogP contribution in [0, 0.1) is 0 Å². The van der Waals surface area contributed by atoms with E-state index < -0.39 is 0 Å². The van der Waals surface area contributed by atoms with Crippen LogP contribution in [0.15, 0.2) is 18.2 Å². The van der Waals surface area contributed by atoms with Crippen LogP contribution in [-0.4, -0.2) is 35.7 Å². The predicted molar refractivity (Wildman–Crippen MR) is 79.3 cm³/mol. The Kier molecular flexibility index (Phi) is 3.68. The van der Waals surface area contributed by atoms with Gasteiger partial charge in [-0.25, -0.2) is 4.98 Å². The van der Waals surface area contributed by atoms with Gasteiger partial charge in [-0.05, 0) is 31.0 Å². The third-order valence-electron chi connectivity index (χ3n) is 3.41. The van der Waals surface area contributed by atoms with Crippen LogP contribution in [0.3, 0.4) is 0 Å². The monoisotopic (exact) mass is 277 g/mol. The van der Waals surface area contributed by atoms with Gasteiger partial charge in [0.15, 0.2) is 5.13 Å². The number of benzene rings is 1. The number of nitrogens with zero attached hydrogens (tertiary/aromatic N) is 2. The van der Waals surface area contributed by atoms with Crippen molar-refractivity contribution in [3.8, 4) is 0 Å². The summed E-state index contributed by atoms with van der Waals surface area (Å²) in [7, 11) is 0. The fourth-order valence-corrected chi connectivity index (χ4v) is 3.37. The number of ether oxygens (including phenoxy) is 1. The summed E-state index contributed by atoms with van der Waals surface area (Å²) < 4.78 is 6.85. The van der Waals surface area contributed by atoms with E-state index in [0.717, 1.165) is 38.2 Å². The predicted octanol–water partition coefficient (Wildman–Crippen LogP) is 2.49. The topological polar surface area (TPSA) is 51.4 Å². The van der Waals surface area contributed by atoms with Crippen molar-refractivity contribution in [1.29, 1.82) is 0 Å². The number of hydrogen-bond donors (Lipinski definition) is 1. The van der Waals surface area contributed by atoms with Crippen molar-refractivity contribution in [1.82, 2.24) is 9.88 Å². The molecule has 4 nitrogen and oxygen atoms in total. The standard InChI is InChI=1S/C14H19N3OS/c1-10-8-17(5-2-6-18-10)9-11-3-4-12-13(7-11)19-14(15)16-12/h3-4,7,10H,2,5-6,8-9H2,1H3,(H2,15,16). The Labute approximate surface area is 117 Å². The first-order valence-corrected chi connectivity index (χ1v) is 7.51. The maximum atomic E-state index is 5.74. The zero-order valence-electron chi connectivity index (χ0n) is 11.1. The quantitative estimate of drug-likeness (QED) is 0.916. The Bertz CT molecular complexity index is 569. The van der Waals surface area contributed by atoms with Crippen molar-refractivity contribution in [3.63, 3.8) is 0 Å². The van der Waals surface area contributed by atoms with Crippen LogP contribution < -0.4 is 5.73 Å². The average molecular weight is 277 g/mol. The Hall–Kier alpha value is -1.17. The molecular weight excluding hydrogens is 258 g/mol. The van der Waals surface area contributed by atoms with Gasteiger partial charge in [0.2, 0.25) is 0 Å². The highest BCUT2D eigenvalue weighted by Gasteiger charge is 2.15. The number of rotatable bonds is 2. The first-order valence-electron chi connectivity index (χ1n) is 6.69. The average Bonchev–Trinajstić information content (AvgIpc) is 2.61. The molecule has 0 bridgehead atoms. The molecule has 1 aliphatic heterocycles. The van der Waals surface area contributed by atoms with Crippen molar-refractivity contribution in [2.24, 2.45) is 0 Å². The first-order chi connectivity index (χ1) is 9.20. The lowest BCUT2D eigenvalue weighted by atomic mass is 10.2. The smallest absolute Gasteiger partial charge is 0.181 e. The molecule has 1 atom stereocenters. The minimum Gasteiger partial charge on any atom is -0.377 e. The van der Waals surface area contributed by atoms with Crippen molar-refractivity contribution >= 4 is 26.7 Å². The van der Waals surface area contributed by atoms with Crippen LogP contribution >= 0.6 is 11.3 Å². The normalized spacial score (nSPS) is 21.6. The van der Waals surface area contributed by atoms with Crippen molar-refractivity contribution in [2.75, 3.05) is 25.4 Å². The van der Waals surface area contributed by atoms with E-state index in [1.807, 2.05) is 0 Å². The van der Waals surface area contributed by atoms with Gasteiger partial charge in [-0.1, -0.05) is 17.4 Å². The number of fused-ring (bicyclic) bond motifs is 1. The highest BCUT2D eigenvalue weighted by atomic mass is 32.1. The molecule has 1 aromatic carbocycles. The Balaban J connectivity index is 1.76. The zero-order valence-corrected chi connectivity index (χ0v) is 11.9. The van der Waals surface area contributed by atoms with E-state index in [9.17, 15) is 0 Å². The van der Waals surface area contributed by atoms with Crippen molar-refractivity contribution in [3.05, 3.63) is 23.8 Å². The summed E-state index contributed by atoms with van der Waals surface area (Å²) in [5, 5.41) is 0.643. The molecule has 1 saturated heterocycles. The summed E-state index contributed by atoms with van der Waals surface area (Å²) in [6.07, 6.45) is 1.44. The summed E-state index contributed by atoms with van der Waals surface area (Å²) in [4.78, 5) is 6.75. The number of anilines is 1. The van der Waals surface area contributed by atoms with Gasteiger partial charge in [-0.2, -0.15) is 0 Å². The molecule has 2 aromatic rings. The molecular formula is C14H19N3OS. The Morgan fingerprint density at radius 1 is 1.53 bits per heavy atom. The van der Waals surface area contributed by atoms with Crippen molar-refractivity contribution in [2.45, 2.75) is 26.0 Å². The van der Waals surface area contributed by atoms with Gasteiger partial charge in [0, 0.05) is 26.2 Å². The van der Waals surface area contributed by atoms with Crippen LogP contribution in [0.2, 0.25) is 0 Å². The lowest BCUT2D eigenvalue weighted by Crippen LogP contribution is -2.29.